The standard InChI is InChI=1S/C25H26FNO4/c1-25(2)13-19-23(20(28)14-25)18(17-9-6-10-21(30-3)24(17)31-4)12-22(29)27(19)16-8-5-7-15(26)11-16/h5-11,18H,12-14H2,1-4H3/t18-/m0/s1. The number of Topliss-reactive ketones (excluding diaryl/α,β-unsaturated/α-hetero) is 1. The van der Waals surface area contributed by atoms with Gasteiger partial charge in [0.05, 0.1) is 19.9 Å². The number of nitrogens with zero attached hydrogens (tertiary/aromatic N) is 1. The summed E-state index contributed by atoms with van der Waals surface area (Å²) in [5.74, 6) is 0.0309. The second-order valence-electron chi connectivity index (χ2n) is 8.85. The summed E-state index contributed by atoms with van der Waals surface area (Å²) >= 11 is 0. The highest BCUT2D eigenvalue weighted by Crippen LogP contribution is 2.50. The molecule has 1 aliphatic heterocycles. The zero-order valence-corrected chi connectivity index (χ0v) is 18.2. The molecule has 0 fully saturated rings. The fourth-order valence-corrected chi connectivity index (χ4v) is 4.78. The second-order valence-corrected chi connectivity index (χ2v) is 8.85. The molecule has 0 unspecified atom stereocenters. The van der Waals surface area contributed by atoms with E-state index in [-0.39, 0.29) is 23.5 Å². The highest BCUT2D eigenvalue weighted by molar-refractivity contribution is 6.08. The van der Waals surface area contributed by atoms with E-state index in [0.717, 1.165) is 5.56 Å². The minimum Gasteiger partial charge on any atom is -0.493 e. The summed E-state index contributed by atoms with van der Waals surface area (Å²) in [5, 5.41) is 0. The molecule has 1 amide bonds. The van der Waals surface area contributed by atoms with Gasteiger partial charge in [-0.3, -0.25) is 14.5 Å². The molecule has 2 aromatic rings. The molecule has 6 heteroatoms. The van der Waals surface area contributed by atoms with E-state index in [2.05, 4.69) is 0 Å². The average Bonchev–Trinajstić information content (AvgIpc) is 2.71. The largest absolute Gasteiger partial charge is 0.493 e. The van der Waals surface area contributed by atoms with Crippen molar-refractivity contribution >= 4 is 17.4 Å². The Bertz CT molecular complexity index is 1090. The summed E-state index contributed by atoms with van der Waals surface area (Å²) < 4.78 is 25.0. The molecule has 0 N–H and O–H groups in total. The van der Waals surface area contributed by atoms with Gasteiger partial charge in [-0.2, -0.15) is 0 Å². The van der Waals surface area contributed by atoms with Crippen molar-refractivity contribution in [2.75, 3.05) is 19.1 Å². The third kappa shape index (κ3) is 3.71. The number of para-hydroxylation sites is 1. The van der Waals surface area contributed by atoms with Gasteiger partial charge in [0.2, 0.25) is 5.91 Å². The molecule has 1 aliphatic carbocycles. The van der Waals surface area contributed by atoms with Gasteiger partial charge in [0.15, 0.2) is 17.3 Å². The number of allylic oxidation sites excluding steroid dienone is 2. The average molecular weight is 423 g/mol. The molecular formula is C25H26FNO4. The molecule has 0 bridgehead atoms. The van der Waals surface area contributed by atoms with Gasteiger partial charge in [0.25, 0.3) is 0 Å². The number of halogens is 1. The van der Waals surface area contributed by atoms with E-state index in [1.54, 1.807) is 32.4 Å². The van der Waals surface area contributed by atoms with Gasteiger partial charge in [-0.05, 0) is 36.1 Å². The van der Waals surface area contributed by atoms with E-state index in [9.17, 15) is 14.0 Å². The van der Waals surface area contributed by atoms with Crippen LogP contribution in [-0.2, 0) is 9.59 Å². The van der Waals surface area contributed by atoms with Crippen LogP contribution in [0.15, 0.2) is 53.7 Å². The third-order valence-corrected chi connectivity index (χ3v) is 6.02. The van der Waals surface area contributed by atoms with Crippen molar-refractivity contribution in [2.24, 2.45) is 5.41 Å². The lowest BCUT2D eigenvalue weighted by molar-refractivity contribution is -0.121. The van der Waals surface area contributed by atoms with E-state index in [0.29, 0.717) is 41.3 Å². The van der Waals surface area contributed by atoms with Gasteiger partial charge in [-0.1, -0.05) is 32.0 Å². The van der Waals surface area contributed by atoms with Crippen LogP contribution in [0.4, 0.5) is 10.1 Å². The molecule has 0 spiro atoms. The van der Waals surface area contributed by atoms with Crippen molar-refractivity contribution in [2.45, 2.75) is 39.0 Å². The fraction of sp³-hybridized carbons (Fsp3) is 0.360. The van der Waals surface area contributed by atoms with E-state index >= 15 is 0 Å². The van der Waals surface area contributed by atoms with E-state index in [1.807, 2.05) is 26.0 Å². The Kier molecular flexibility index (Phi) is 5.33. The maximum Gasteiger partial charge on any atom is 0.232 e. The Labute approximate surface area is 181 Å². The van der Waals surface area contributed by atoms with Crippen molar-refractivity contribution in [3.63, 3.8) is 0 Å². The molecule has 0 aromatic heterocycles. The molecule has 1 atom stereocenters. The summed E-state index contributed by atoms with van der Waals surface area (Å²) in [4.78, 5) is 28.3. The zero-order chi connectivity index (χ0) is 22.3. The molecule has 0 radical (unpaired) electrons. The Hall–Kier alpha value is -3.15. The van der Waals surface area contributed by atoms with Crippen LogP contribution in [0.25, 0.3) is 0 Å². The topological polar surface area (TPSA) is 55.8 Å². The number of anilines is 1. The van der Waals surface area contributed by atoms with Crippen LogP contribution in [0.5, 0.6) is 11.5 Å². The lowest BCUT2D eigenvalue weighted by atomic mass is 9.69. The quantitative estimate of drug-likeness (QED) is 0.694. The Morgan fingerprint density at radius 1 is 1.03 bits per heavy atom. The fourth-order valence-electron chi connectivity index (χ4n) is 4.78. The minimum absolute atomic E-state index is 0.00928. The monoisotopic (exact) mass is 423 g/mol. The van der Waals surface area contributed by atoms with Crippen LogP contribution in [0.1, 0.15) is 44.6 Å². The van der Waals surface area contributed by atoms with E-state index in [1.165, 1.54) is 17.0 Å². The maximum atomic E-state index is 14.0. The number of amides is 1. The first-order valence-electron chi connectivity index (χ1n) is 10.3. The lowest BCUT2D eigenvalue weighted by Crippen LogP contribution is -2.43. The van der Waals surface area contributed by atoms with Crippen LogP contribution in [0.3, 0.4) is 0 Å². The number of rotatable bonds is 4. The number of carbonyl (C=O) groups excluding carboxylic acids is 2. The van der Waals surface area contributed by atoms with Gasteiger partial charge in [0, 0.05) is 35.6 Å². The molecule has 1 heterocycles. The zero-order valence-electron chi connectivity index (χ0n) is 18.2. The minimum atomic E-state index is -0.444. The molecule has 31 heavy (non-hydrogen) atoms. The van der Waals surface area contributed by atoms with Crippen molar-refractivity contribution in [1.82, 2.24) is 0 Å². The van der Waals surface area contributed by atoms with Crippen molar-refractivity contribution < 1.29 is 23.5 Å². The summed E-state index contributed by atoms with van der Waals surface area (Å²) in [6, 6.07) is 11.4. The predicted octanol–water partition coefficient (Wildman–Crippen LogP) is 5.01. The molecule has 0 saturated heterocycles. The first-order chi connectivity index (χ1) is 14.8. The maximum absolute atomic E-state index is 14.0. The number of benzene rings is 2. The lowest BCUT2D eigenvalue weighted by Gasteiger charge is -2.43. The first-order valence-corrected chi connectivity index (χ1v) is 10.3. The number of ether oxygens (including phenoxy) is 2. The third-order valence-electron chi connectivity index (χ3n) is 6.02. The van der Waals surface area contributed by atoms with Crippen LogP contribution >= 0.6 is 0 Å². The highest BCUT2D eigenvalue weighted by atomic mass is 19.1. The number of ketones is 1. The van der Waals surface area contributed by atoms with Crippen LogP contribution in [0.2, 0.25) is 0 Å². The van der Waals surface area contributed by atoms with Crippen molar-refractivity contribution in [3.05, 3.63) is 65.1 Å². The van der Waals surface area contributed by atoms with Crippen molar-refractivity contribution in [3.8, 4) is 11.5 Å². The highest BCUT2D eigenvalue weighted by Gasteiger charge is 2.45. The molecule has 4 rings (SSSR count). The van der Waals surface area contributed by atoms with Crippen LogP contribution in [-0.4, -0.2) is 25.9 Å². The molecule has 162 valence electrons. The summed E-state index contributed by atoms with van der Waals surface area (Å²) in [6.45, 7) is 4.03. The number of methoxy groups -OCH3 is 2. The van der Waals surface area contributed by atoms with E-state index in [4.69, 9.17) is 9.47 Å². The number of hydrogen-bond donors (Lipinski definition) is 0. The molecule has 5 nitrogen and oxygen atoms in total. The molecular weight excluding hydrogens is 397 g/mol. The Morgan fingerprint density at radius 2 is 1.77 bits per heavy atom. The Morgan fingerprint density at radius 3 is 2.45 bits per heavy atom. The van der Waals surface area contributed by atoms with Crippen molar-refractivity contribution in [1.29, 1.82) is 0 Å². The van der Waals surface area contributed by atoms with Crippen LogP contribution in [0, 0.1) is 11.2 Å². The molecule has 2 aliphatic rings. The summed E-state index contributed by atoms with van der Waals surface area (Å²) in [7, 11) is 3.10. The predicted molar refractivity (Wildman–Crippen MR) is 116 cm³/mol. The number of carbonyl (C=O) groups is 2. The number of hydrogen-bond acceptors (Lipinski definition) is 4. The van der Waals surface area contributed by atoms with Gasteiger partial charge >= 0.3 is 0 Å². The molecule has 0 saturated carbocycles. The Balaban J connectivity index is 1.94. The first kappa shape index (κ1) is 21.1. The van der Waals surface area contributed by atoms with Gasteiger partial charge < -0.3 is 9.47 Å². The second kappa shape index (κ2) is 7.84. The van der Waals surface area contributed by atoms with Gasteiger partial charge in [0.1, 0.15) is 5.82 Å². The smallest absolute Gasteiger partial charge is 0.232 e. The van der Waals surface area contributed by atoms with E-state index < -0.39 is 11.7 Å². The van der Waals surface area contributed by atoms with Gasteiger partial charge in [-0.25, -0.2) is 4.39 Å². The summed E-state index contributed by atoms with van der Waals surface area (Å²) in [6.07, 6.45) is 1.02. The van der Waals surface area contributed by atoms with Gasteiger partial charge in [-0.15, -0.1) is 0 Å². The molecule has 2 aromatic carbocycles. The van der Waals surface area contributed by atoms with Crippen LogP contribution < -0.4 is 14.4 Å². The summed E-state index contributed by atoms with van der Waals surface area (Å²) in [5.41, 5.74) is 2.14. The SMILES string of the molecule is COc1cccc([C@@H]2CC(=O)N(c3cccc(F)c3)C3=C2C(=O)CC(C)(C)C3)c1OC. The normalized spacial score (nSPS) is 20.5.